The van der Waals surface area contributed by atoms with Gasteiger partial charge in [0.05, 0.1) is 13.2 Å². The van der Waals surface area contributed by atoms with Crippen molar-refractivity contribution in [2.75, 3.05) is 36.5 Å². The van der Waals surface area contributed by atoms with E-state index in [1.165, 1.54) is 0 Å². The number of nitrogens with zero attached hydrogens (tertiary/aromatic N) is 1. The molecule has 0 amide bonds. The van der Waals surface area contributed by atoms with E-state index in [0.717, 1.165) is 17.1 Å². The Morgan fingerprint density at radius 2 is 1.45 bits per heavy atom. The molecule has 2 aromatic carbocycles. The lowest BCUT2D eigenvalue weighted by Gasteiger charge is -2.23. The van der Waals surface area contributed by atoms with Gasteiger partial charge in [0.15, 0.2) is 0 Å². The van der Waals surface area contributed by atoms with Crippen LogP contribution in [0.4, 0.5) is 17.1 Å². The minimum atomic E-state index is 0.0658. The van der Waals surface area contributed by atoms with Gasteiger partial charge >= 0.3 is 0 Å². The van der Waals surface area contributed by atoms with Gasteiger partial charge in [0.2, 0.25) is 0 Å². The van der Waals surface area contributed by atoms with Crippen molar-refractivity contribution >= 4 is 17.1 Å². The van der Waals surface area contributed by atoms with Crippen molar-refractivity contribution in [2.24, 2.45) is 0 Å². The molecular weight excluding hydrogens is 252 g/mol. The number of anilines is 3. The number of hydrogen-bond donors (Lipinski definition) is 3. The van der Waals surface area contributed by atoms with Gasteiger partial charge < -0.3 is 20.4 Å². The van der Waals surface area contributed by atoms with Crippen LogP contribution in [0, 0.1) is 0 Å². The molecule has 0 aromatic heterocycles. The lowest BCUT2D eigenvalue weighted by Crippen LogP contribution is -2.29. The highest BCUT2D eigenvalue weighted by Gasteiger charge is 2.06. The molecule has 0 heterocycles. The first-order chi connectivity index (χ1) is 9.83. The number of aliphatic hydroxyl groups excluding tert-OH is 2. The molecule has 0 atom stereocenters. The highest BCUT2D eigenvalue weighted by Crippen LogP contribution is 2.22. The van der Waals surface area contributed by atoms with Crippen LogP contribution in [-0.4, -0.2) is 36.5 Å². The Hall–Kier alpha value is -2.04. The van der Waals surface area contributed by atoms with E-state index in [4.69, 9.17) is 10.2 Å². The van der Waals surface area contributed by atoms with Crippen LogP contribution in [-0.2, 0) is 0 Å². The number of nitrogens with one attached hydrogen (secondary N) is 1. The van der Waals surface area contributed by atoms with E-state index in [2.05, 4.69) is 5.32 Å². The van der Waals surface area contributed by atoms with Gasteiger partial charge in [0.1, 0.15) is 0 Å². The summed E-state index contributed by atoms with van der Waals surface area (Å²) in [6, 6.07) is 17.9. The summed E-state index contributed by atoms with van der Waals surface area (Å²) in [5.41, 5.74) is 2.99. The molecule has 0 bridgehead atoms. The third-order valence-corrected chi connectivity index (χ3v) is 3.01. The molecule has 4 heteroatoms. The monoisotopic (exact) mass is 272 g/mol. The molecule has 2 rings (SSSR count). The number of aliphatic hydroxyl groups is 2. The van der Waals surface area contributed by atoms with E-state index >= 15 is 0 Å². The third kappa shape index (κ3) is 3.98. The van der Waals surface area contributed by atoms with Gasteiger partial charge in [-0.2, -0.15) is 0 Å². The molecule has 20 heavy (non-hydrogen) atoms. The maximum atomic E-state index is 9.09. The summed E-state index contributed by atoms with van der Waals surface area (Å²) < 4.78 is 0. The summed E-state index contributed by atoms with van der Waals surface area (Å²) in [5, 5.41) is 21.5. The van der Waals surface area contributed by atoms with Crippen LogP contribution in [0.3, 0.4) is 0 Å². The topological polar surface area (TPSA) is 55.7 Å². The summed E-state index contributed by atoms with van der Waals surface area (Å²) in [4.78, 5) is 1.95. The number of para-hydroxylation sites is 1. The molecule has 0 unspecified atom stereocenters. The maximum absolute atomic E-state index is 9.09. The highest BCUT2D eigenvalue weighted by atomic mass is 16.3. The van der Waals surface area contributed by atoms with Gasteiger partial charge in [-0.1, -0.05) is 24.3 Å². The van der Waals surface area contributed by atoms with Crippen molar-refractivity contribution in [2.45, 2.75) is 0 Å². The Labute approximate surface area is 119 Å². The predicted octanol–water partition coefficient (Wildman–Crippen LogP) is 2.22. The minimum absolute atomic E-state index is 0.0658. The Kier molecular flexibility index (Phi) is 5.41. The average molecular weight is 272 g/mol. The van der Waals surface area contributed by atoms with Crippen LogP contribution in [0.15, 0.2) is 54.6 Å². The van der Waals surface area contributed by atoms with Crippen molar-refractivity contribution in [3.8, 4) is 0 Å². The van der Waals surface area contributed by atoms with Crippen molar-refractivity contribution < 1.29 is 10.2 Å². The van der Waals surface area contributed by atoms with Gasteiger partial charge in [-0.15, -0.1) is 0 Å². The van der Waals surface area contributed by atoms with Crippen LogP contribution in [0.25, 0.3) is 0 Å². The van der Waals surface area contributed by atoms with E-state index in [-0.39, 0.29) is 13.2 Å². The molecule has 0 fully saturated rings. The van der Waals surface area contributed by atoms with Crippen molar-refractivity contribution in [3.05, 3.63) is 54.6 Å². The first kappa shape index (κ1) is 14.4. The Bertz CT molecular complexity index is 511. The summed E-state index contributed by atoms with van der Waals surface area (Å²) in [6.07, 6.45) is 0. The van der Waals surface area contributed by atoms with Gasteiger partial charge in [-0.3, -0.25) is 0 Å². The van der Waals surface area contributed by atoms with Gasteiger partial charge in [-0.05, 0) is 30.3 Å². The van der Waals surface area contributed by atoms with Crippen molar-refractivity contribution in [1.82, 2.24) is 0 Å². The first-order valence-electron chi connectivity index (χ1n) is 6.72. The third-order valence-electron chi connectivity index (χ3n) is 3.01. The standard InChI is InChI=1S/C16H20N2O2/c19-11-9-18(10-12-20)16-8-4-7-15(13-16)17-14-5-2-1-3-6-14/h1-8,13,17,19-20H,9-12H2. The zero-order valence-corrected chi connectivity index (χ0v) is 11.4. The zero-order chi connectivity index (χ0) is 14.2. The van der Waals surface area contributed by atoms with Crippen LogP contribution >= 0.6 is 0 Å². The fraction of sp³-hybridized carbons (Fsp3) is 0.250. The molecule has 0 saturated heterocycles. The quantitative estimate of drug-likeness (QED) is 0.723. The van der Waals surface area contributed by atoms with E-state index in [9.17, 15) is 0 Å². The fourth-order valence-corrected chi connectivity index (χ4v) is 2.08. The molecule has 4 nitrogen and oxygen atoms in total. The number of benzene rings is 2. The highest BCUT2D eigenvalue weighted by molar-refractivity contribution is 5.65. The van der Waals surface area contributed by atoms with E-state index in [1.807, 2.05) is 59.5 Å². The van der Waals surface area contributed by atoms with Crippen LogP contribution < -0.4 is 10.2 Å². The Morgan fingerprint density at radius 1 is 0.800 bits per heavy atom. The smallest absolute Gasteiger partial charge is 0.0606 e. The van der Waals surface area contributed by atoms with Crippen LogP contribution in [0.1, 0.15) is 0 Å². The van der Waals surface area contributed by atoms with E-state index in [1.54, 1.807) is 0 Å². The van der Waals surface area contributed by atoms with Crippen molar-refractivity contribution in [1.29, 1.82) is 0 Å². The molecule has 3 N–H and O–H groups in total. The molecule has 0 radical (unpaired) electrons. The largest absolute Gasteiger partial charge is 0.395 e. The van der Waals surface area contributed by atoms with Crippen LogP contribution in [0.2, 0.25) is 0 Å². The van der Waals surface area contributed by atoms with Gasteiger partial charge in [0, 0.05) is 30.2 Å². The second-order valence-corrected chi connectivity index (χ2v) is 4.48. The Morgan fingerprint density at radius 3 is 2.10 bits per heavy atom. The molecular formula is C16H20N2O2. The lowest BCUT2D eigenvalue weighted by molar-refractivity contribution is 0.281. The molecule has 106 valence electrons. The fourth-order valence-electron chi connectivity index (χ4n) is 2.08. The molecule has 0 aliphatic carbocycles. The summed E-state index contributed by atoms with van der Waals surface area (Å²) in [7, 11) is 0. The average Bonchev–Trinajstić information content (AvgIpc) is 2.48. The zero-order valence-electron chi connectivity index (χ0n) is 11.4. The SMILES string of the molecule is OCCN(CCO)c1cccc(Nc2ccccc2)c1. The minimum Gasteiger partial charge on any atom is -0.395 e. The summed E-state index contributed by atoms with van der Waals surface area (Å²) >= 11 is 0. The lowest BCUT2D eigenvalue weighted by atomic mass is 10.2. The number of hydrogen-bond acceptors (Lipinski definition) is 4. The molecule has 2 aromatic rings. The summed E-state index contributed by atoms with van der Waals surface area (Å²) in [6.45, 7) is 1.15. The molecule has 0 spiro atoms. The normalized spacial score (nSPS) is 10.3. The van der Waals surface area contributed by atoms with E-state index < -0.39 is 0 Å². The first-order valence-corrected chi connectivity index (χ1v) is 6.72. The second-order valence-electron chi connectivity index (χ2n) is 4.48. The van der Waals surface area contributed by atoms with Gasteiger partial charge in [0.25, 0.3) is 0 Å². The predicted molar refractivity (Wildman–Crippen MR) is 82.6 cm³/mol. The van der Waals surface area contributed by atoms with Crippen molar-refractivity contribution in [3.63, 3.8) is 0 Å². The summed E-state index contributed by atoms with van der Waals surface area (Å²) in [5.74, 6) is 0. The van der Waals surface area contributed by atoms with Crippen LogP contribution in [0.5, 0.6) is 0 Å². The Balaban J connectivity index is 2.14. The molecule has 0 saturated carbocycles. The number of rotatable bonds is 7. The van der Waals surface area contributed by atoms with E-state index in [0.29, 0.717) is 13.1 Å². The molecule has 0 aliphatic heterocycles. The van der Waals surface area contributed by atoms with Gasteiger partial charge in [-0.25, -0.2) is 0 Å². The second kappa shape index (κ2) is 7.53. The molecule has 0 aliphatic rings. The maximum Gasteiger partial charge on any atom is 0.0606 e.